The van der Waals surface area contributed by atoms with Crippen LogP contribution in [0.1, 0.15) is 19.4 Å². The largest absolute Gasteiger partial charge is 0.435 e. The van der Waals surface area contributed by atoms with Crippen LogP contribution in [0.25, 0.3) is 0 Å². The summed E-state index contributed by atoms with van der Waals surface area (Å²) in [4.78, 5) is 16.1. The molecule has 24 heavy (non-hydrogen) atoms. The Hall–Kier alpha value is -1.73. The summed E-state index contributed by atoms with van der Waals surface area (Å²) in [5.41, 5.74) is 0.927. The molecular formula is C17H24F2N2O3. The Kier molecular flexibility index (Phi) is 6.51. The van der Waals surface area contributed by atoms with Crippen molar-refractivity contribution < 1.29 is 23.0 Å². The lowest BCUT2D eigenvalue weighted by Crippen LogP contribution is -2.50. The predicted octanol–water partition coefficient (Wildman–Crippen LogP) is 2.36. The van der Waals surface area contributed by atoms with Crippen LogP contribution in [-0.2, 0) is 16.1 Å². The van der Waals surface area contributed by atoms with Gasteiger partial charge in [-0.2, -0.15) is 8.78 Å². The highest BCUT2D eigenvalue weighted by atomic mass is 19.3. The molecule has 1 aliphatic rings. The molecule has 0 radical (unpaired) electrons. The van der Waals surface area contributed by atoms with Gasteiger partial charge in [0.1, 0.15) is 5.75 Å². The summed E-state index contributed by atoms with van der Waals surface area (Å²) < 4.78 is 34.2. The molecule has 0 N–H and O–H groups in total. The Morgan fingerprint density at radius 3 is 2.42 bits per heavy atom. The van der Waals surface area contributed by atoms with Crippen LogP contribution in [0.3, 0.4) is 0 Å². The third-order valence-corrected chi connectivity index (χ3v) is 3.78. The number of rotatable bonds is 6. The highest BCUT2D eigenvalue weighted by Gasteiger charge is 2.26. The van der Waals surface area contributed by atoms with E-state index in [2.05, 4.69) is 4.74 Å². The summed E-state index contributed by atoms with van der Waals surface area (Å²) in [5, 5.41) is 0. The Labute approximate surface area is 141 Å². The number of amides is 1. The molecule has 2 rings (SSSR count). The fraction of sp³-hybridized carbons (Fsp3) is 0.588. The maximum atomic E-state index is 12.4. The van der Waals surface area contributed by atoms with Gasteiger partial charge in [-0.25, -0.2) is 0 Å². The quantitative estimate of drug-likeness (QED) is 0.796. The van der Waals surface area contributed by atoms with Gasteiger partial charge in [-0.05, 0) is 38.6 Å². The standard InChI is InChI=1S/C17H24F2N2O3/c1-12-8-21(9-13(2)23-12)16(22)11-20(3)10-14-4-6-15(7-5-14)24-17(18)19/h4-7,12-13,17H,8-11H2,1-3H3. The van der Waals surface area contributed by atoms with Gasteiger partial charge in [0.2, 0.25) is 5.91 Å². The van der Waals surface area contributed by atoms with E-state index >= 15 is 0 Å². The van der Waals surface area contributed by atoms with E-state index in [9.17, 15) is 13.6 Å². The van der Waals surface area contributed by atoms with E-state index in [4.69, 9.17) is 4.74 Å². The molecule has 1 fully saturated rings. The second-order valence-corrected chi connectivity index (χ2v) is 6.25. The number of carbonyl (C=O) groups excluding carboxylic acids is 1. The summed E-state index contributed by atoms with van der Waals surface area (Å²) in [6, 6.07) is 6.44. The lowest BCUT2D eigenvalue weighted by molar-refractivity contribution is -0.144. The number of halogens is 2. The van der Waals surface area contributed by atoms with E-state index in [1.807, 2.05) is 30.7 Å². The predicted molar refractivity (Wildman–Crippen MR) is 86.0 cm³/mol. The van der Waals surface area contributed by atoms with Crippen molar-refractivity contribution in [3.8, 4) is 5.75 Å². The molecule has 7 heteroatoms. The lowest BCUT2D eigenvalue weighted by Gasteiger charge is -2.36. The van der Waals surface area contributed by atoms with E-state index in [0.717, 1.165) is 5.56 Å². The molecule has 1 aliphatic heterocycles. The third kappa shape index (κ3) is 5.72. The van der Waals surface area contributed by atoms with Crippen LogP contribution < -0.4 is 4.74 Å². The average molecular weight is 342 g/mol. The Balaban J connectivity index is 1.83. The van der Waals surface area contributed by atoms with Crippen LogP contribution in [0.4, 0.5) is 8.78 Å². The number of nitrogens with zero attached hydrogens (tertiary/aromatic N) is 2. The third-order valence-electron chi connectivity index (χ3n) is 3.78. The molecule has 2 atom stereocenters. The minimum atomic E-state index is -2.82. The van der Waals surface area contributed by atoms with Gasteiger partial charge < -0.3 is 14.4 Å². The maximum absolute atomic E-state index is 12.4. The molecule has 1 aromatic carbocycles. The Bertz CT molecular complexity index is 529. The topological polar surface area (TPSA) is 42.0 Å². The first-order chi connectivity index (χ1) is 11.3. The van der Waals surface area contributed by atoms with Crippen molar-refractivity contribution in [2.45, 2.75) is 39.2 Å². The van der Waals surface area contributed by atoms with Gasteiger partial charge in [-0.3, -0.25) is 9.69 Å². The number of hydrogen-bond donors (Lipinski definition) is 0. The van der Waals surface area contributed by atoms with Crippen LogP contribution in [0.2, 0.25) is 0 Å². The molecule has 0 aromatic heterocycles. The van der Waals surface area contributed by atoms with Gasteiger partial charge in [0, 0.05) is 19.6 Å². The van der Waals surface area contributed by atoms with Crippen molar-refractivity contribution in [1.82, 2.24) is 9.80 Å². The Morgan fingerprint density at radius 2 is 1.88 bits per heavy atom. The van der Waals surface area contributed by atoms with Gasteiger partial charge in [-0.1, -0.05) is 12.1 Å². The molecule has 0 bridgehead atoms. The summed E-state index contributed by atoms with van der Waals surface area (Å²) >= 11 is 0. The zero-order chi connectivity index (χ0) is 17.7. The van der Waals surface area contributed by atoms with E-state index in [-0.39, 0.29) is 23.9 Å². The minimum absolute atomic E-state index is 0.0467. The van der Waals surface area contributed by atoms with Crippen LogP contribution in [0.5, 0.6) is 5.75 Å². The van der Waals surface area contributed by atoms with Crippen molar-refractivity contribution in [1.29, 1.82) is 0 Å². The monoisotopic (exact) mass is 342 g/mol. The highest BCUT2D eigenvalue weighted by molar-refractivity contribution is 5.78. The number of hydrogen-bond acceptors (Lipinski definition) is 4. The molecule has 0 saturated carbocycles. The van der Waals surface area contributed by atoms with Gasteiger partial charge in [0.15, 0.2) is 0 Å². The first kappa shape index (κ1) is 18.6. The number of likely N-dealkylation sites (N-methyl/N-ethyl adjacent to an activating group) is 1. The molecule has 134 valence electrons. The molecule has 1 heterocycles. The molecule has 0 aliphatic carbocycles. The number of morpholine rings is 1. The molecule has 5 nitrogen and oxygen atoms in total. The van der Waals surface area contributed by atoms with E-state index in [0.29, 0.717) is 26.2 Å². The van der Waals surface area contributed by atoms with Crippen LogP contribution >= 0.6 is 0 Å². The molecule has 0 spiro atoms. The van der Waals surface area contributed by atoms with E-state index < -0.39 is 6.61 Å². The molecular weight excluding hydrogens is 318 g/mol. The van der Waals surface area contributed by atoms with Crippen LogP contribution in [0, 0.1) is 0 Å². The molecule has 1 amide bonds. The van der Waals surface area contributed by atoms with Crippen LogP contribution in [-0.4, -0.2) is 61.2 Å². The average Bonchev–Trinajstić information content (AvgIpc) is 2.47. The molecule has 2 unspecified atom stereocenters. The van der Waals surface area contributed by atoms with E-state index in [1.54, 1.807) is 12.1 Å². The van der Waals surface area contributed by atoms with Crippen molar-refractivity contribution in [2.75, 3.05) is 26.7 Å². The summed E-state index contributed by atoms with van der Waals surface area (Å²) in [5.74, 6) is 0.195. The molecule has 1 aromatic rings. The van der Waals surface area contributed by atoms with Gasteiger partial charge in [-0.15, -0.1) is 0 Å². The summed E-state index contributed by atoms with van der Waals surface area (Å²) in [6.45, 7) is 3.17. The zero-order valence-electron chi connectivity index (χ0n) is 14.2. The van der Waals surface area contributed by atoms with Crippen LogP contribution in [0.15, 0.2) is 24.3 Å². The highest BCUT2D eigenvalue weighted by Crippen LogP contribution is 2.16. The SMILES string of the molecule is CC1CN(C(=O)CN(C)Cc2ccc(OC(F)F)cc2)CC(C)O1. The number of benzene rings is 1. The Morgan fingerprint density at radius 1 is 1.29 bits per heavy atom. The van der Waals surface area contributed by atoms with Gasteiger partial charge in [0.25, 0.3) is 0 Å². The number of alkyl halides is 2. The molecule has 1 saturated heterocycles. The summed E-state index contributed by atoms with van der Waals surface area (Å²) in [6.07, 6.45) is 0.0933. The normalized spacial score (nSPS) is 21.4. The van der Waals surface area contributed by atoms with Gasteiger partial charge >= 0.3 is 6.61 Å². The van der Waals surface area contributed by atoms with Crippen molar-refractivity contribution in [2.24, 2.45) is 0 Å². The first-order valence-corrected chi connectivity index (χ1v) is 7.99. The van der Waals surface area contributed by atoms with Crippen molar-refractivity contribution in [3.63, 3.8) is 0 Å². The maximum Gasteiger partial charge on any atom is 0.387 e. The lowest BCUT2D eigenvalue weighted by atomic mass is 10.2. The first-order valence-electron chi connectivity index (χ1n) is 7.99. The summed E-state index contributed by atoms with van der Waals surface area (Å²) in [7, 11) is 1.86. The van der Waals surface area contributed by atoms with Gasteiger partial charge in [0.05, 0.1) is 18.8 Å². The zero-order valence-corrected chi connectivity index (χ0v) is 14.2. The fourth-order valence-corrected chi connectivity index (χ4v) is 2.86. The second kappa shape index (κ2) is 8.39. The fourth-order valence-electron chi connectivity index (χ4n) is 2.86. The van der Waals surface area contributed by atoms with Crippen molar-refractivity contribution >= 4 is 5.91 Å². The minimum Gasteiger partial charge on any atom is -0.435 e. The van der Waals surface area contributed by atoms with Crippen molar-refractivity contribution in [3.05, 3.63) is 29.8 Å². The second-order valence-electron chi connectivity index (χ2n) is 6.25. The number of carbonyl (C=O) groups is 1. The van der Waals surface area contributed by atoms with E-state index in [1.165, 1.54) is 12.1 Å². The smallest absolute Gasteiger partial charge is 0.387 e. The number of ether oxygens (including phenoxy) is 2.